The number of carbonyl (C=O) groups excluding carboxylic acids is 5. The van der Waals surface area contributed by atoms with Gasteiger partial charge in [0.2, 0.25) is 0 Å². The molecule has 0 saturated carbocycles. The molecule has 0 aromatic heterocycles. The zero-order valence-corrected chi connectivity index (χ0v) is 24.0. The molecule has 1 aliphatic rings. The van der Waals surface area contributed by atoms with E-state index in [-0.39, 0.29) is 17.2 Å². The topological polar surface area (TPSA) is 141 Å². The van der Waals surface area contributed by atoms with Crippen LogP contribution in [0.1, 0.15) is 62.2 Å². The maximum Gasteiger partial charge on any atom is 0.303 e. The van der Waals surface area contributed by atoms with E-state index in [0.717, 1.165) is 20.8 Å². The molecule has 2 aromatic carbocycles. The summed E-state index contributed by atoms with van der Waals surface area (Å²) in [6, 6.07) is 11.0. The Labute approximate surface area is 241 Å². The quantitative estimate of drug-likeness (QED) is 0.227. The molecule has 0 aliphatic carbocycles. The van der Waals surface area contributed by atoms with Crippen molar-refractivity contribution in [1.29, 1.82) is 0 Å². The fourth-order valence-corrected chi connectivity index (χ4v) is 4.62. The van der Waals surface area contributed by atoms with Gasteiger partial charge in [-0.15, -0.1) is 0 Å². The number of ketones is 1. The molecule has 220 valence electrons. The van der Waals surface area contributed by atoms with E-state index >= 15 is 0 Å². The summed E-state index contributed by atoms with van der Waals surface area (Å²) in [5.41, 5.74) is 0.802. The molecule has 0 amide bonds. The highest BCUT2D eigenvalue weighted by Crippen LogP contribution is 2.39. The minimum absolute atomic E-state index is 0.126. The molecule has 1 fully saturated rings. The van der Waals surface area contributed by atoms with Gasteiger partial charge < -0.3 is 28.4 Å². The van der Waals surface area contributed by atoms with Crippen LogP contribution < -0.4 is 4.74 Å². The number of ether oxygens (including phenoxy) is 6. The largest absolute Gasteiger partial charge is 0.494 e. The smallest absolute Gasteiger partial charge is 0.303 e. The zero-order chi connectivity index (χ0) is 30.3. The molecule has 11 nitrogen and oxygen atoms in total. The van der Waals surface area contributed by atoms with Gasteiger partial charge in [0.1, 0.15) is 24.6 Å². The van der Waals surface area contributed by atoms with Gasteiger partial charge >= 0.3 is 23.9 Å². The molecular weight excluding hydrogens is 560 g/mol. The van der Waals surface area contributed by atoms with Crippen LogP contribution in [-0.2, 0) is 42.9 Å². The number of benzene rings is 2. The van der Waals surface area contributed by atoms with E-state index in [4.69, 9.17) is 40.0 Å². The second-order valence-electron chi connectivity index (χ2n) is 9.15. The van der Waals surface area contributed by atoms with Crippen LogP contribution in [0.4, 0.5) is 0 Å². The van der Waals surface area contributed by atoms with Gasteiger partial charge in [-0.1, -0.05) is 17.7 Å². The predicted octanol–water partition coefficient (Wildman–Crippen LogP) is 3.77. The molecule has 2 aromatic rings. The van der Waals surface area contributed by atoms with E-state index in [1.54, 1.807) is 30.3 Å². The van der Waals surface area contributed by atoms with Crippen molar-refractivity contribution < 1.29 is 52.4 Å². The average Bonchev–Trinajstić information content (AvgIpc) is 2.90. The maximum absolute atomic E-state index is 13.4. The first-order chi connectivity index (χ1) is 19.4. The third kappa shape index (κ3) is 8.27. The van der Waals surface area contributed by atoms with Crippen LogP contribution in [-0.4, -0.2) is 67.3 Å². The van der Waals surface area contributed by atoms with E-state index in [1.165, 1.54) is 19.1 Å². The molecule has 1 heterocycles. The van der Waals surface area contributed by atoms with E-state index in [2.05, 4.69) is 0 Å². The molecule has 5 atom stereocenters. The van der Waals surface area contributed by atoms with E-state index < -0.39 is 60.2 Å². The van der Waals surface area contributed by atoms with Crippen LogP contribution in [0, 0.1) is 0 Å². The Morgan fingerprint density at radius 3 is 1.93 bits per heavy atom. The number of hydrogen-bond acceptors (Lipinski definition) is 11. The summed E-state index contributed by atoms with van der Waals surface area (Å²) in [5, 5.41) is 0.151. The third-order valence-corrected chi connectivity index (χ3v) is 6.31. The third-order valence-electron chi connectivity index (χ3n) is 5.98. The summed E-state index contributed by atoms with van der Waals surface area (Å²) < 4.78 is 33.2. The number of esters is 4. The van der Waals surface area contributed by atoms with Crippen molar-refractivity contribution in [2.24, 2.45) is 0 Å². The molecule has 0 bridgehead atoms. The highest BCUT2D eigenvalue weighted by atomic mass is 35.5. The highest BCUT2D eigenvalue weighted by molar-refractivity contribution is 6.35. The first-order valence-electron chi connectivity index (χ1n) is 12.8. The fraction of sp³-hybridized carbons (Fsp3) is 0.414. The number of halogens is 1. The monoisotopic (exact) mass is 590 g/mol. The minimum atomic E-state index is -1.35. The second kappa shape index (κ2) is 14.1. The van der Waals surface area contributed by atoms with Gasteiger partial charge in [0.15, 0.2) is 24.1 Å². The van der Waals surface area contributed by atoms with Crippen molar-refractivity contribution in [2.45, 2.75) is 65.1 Å². The maximum atomic E-state index is 13.4. The Balaban J connectivity index is 2.08. The lowest BCUT2D eigenvalue weighted by Crippen LogP contribution is -2.59. The summed E-state index contributed by atoms with van der Waals surface area (Å²) in [6.07, 6.45) is -6.25. The van der Waals surface area contributed by atoms with Crippen molar-refractivity contribution in [1.82, 2.24) is 0 Å². The first-order valence-corrected chi connectivity index (χ1v) is 13.2. The van der Waals surface area contributed by atoms with Crippen molar-refractivity contribution in [3.63, 3.8) is 0 Å². The van der Waals surface area contributed by atoms with Crippen LogP contribution in [0.3, 0.4) is 0 Å². The summed E-state index contributed by atoms with van der Waals surface area (Å²) >= 11 is 6.42. The van der Waals surface area contributed by atoms with Gasteiger partial charge in [-0.2, -0.15) is 0 Å². The Hall–Kier alpha value is -3.96. The van der Waals surface area contributed by atoms with Crippen molar-refractivity contribution in [3.05, 3.63) is 64.2 Å². The van der Waals surface area contributed by atoms with Gasteiger partial charge in [0.25, 0.3) is 0 Å². The molecule has 0 spiro atoms. The number of carbonyl (C=O) groups is 5. The SMILES string of the molecule is CCOc1ccc(C(=O)c2cc([C@@H]3O[C@H](COC(C)=O)[C@@H](OC(C)=O)[C@H](OC(C)=O)[C@H]3OC(C)=O)ccc2Cl)cc1. The fourth-order valence-electron chi connectivity index (χ4n) is 4.42. The molecule has 41 heavy (non-hydrogen) atoms. The normalized spacial score (nSPS) is 21.8. The lowest BCUT2D eigenvalue weighted by molar-refractivity contribution is -0.254. The van der Waals surface area contributed by atoms with Crippen LogP contribution in [0.2, 0.25) is 5.02 Å². The molecule has 3 rings (SSSR count). The Bertz CT molecular complexity index is 1290. The molecule has 0 N–H and O–H groups in total. The van der Waals surface area contributed by atoms with Gasteiger partial charge in [0.05, 0.1) is 11.6 Å². The first kappa shape index (κ1) is 31.6. The molecule has 0 radical (unpaired) electrons. The lowest BCUT2D eigenvalue weighted by Gasteiger charge is -2.44. The van der Waals surface area contributed by atoms with Crippen molar-refractivity contribution in [2.75, 3.05) is 13.2 Å². The molecule has 0 unspecified atom stereocenters. The van der Waals surface area contributed by atoms with Gasteiger partial charge in [-0.25, -0.2) is 0 Å². The Morgan fingerprint density at radius 1 is 0.780 bits per heavy atom. The van der Waals surface area contributed by atoms with E-state index in [0.29, 0.717) is 23.5 Å². The van der Waals surface area contributed by atoms with Crippen molar-refractivity contribution in [3.8, 4) is 5.75 Å². The Kier molecular flexibility index (Phi) is 10.8. The Morgan fingerprint density at radius 2 is 1.37 bits per heavy atom. The van der Waals surface area contributed by atoms with Gasteiger partial charge in [-0.3, -0.25) is 24.0 Å². The molecular formula is C29H31ClO11. The van der Waals surface area contributed by atoms with Crippen LogP contribution >= 0.6 is 11.6 Å². The van der Waals surface area contributed by atoms with Gasteiger partial charge in [0, 0.05) is 38.8 Å². The van der Waals surface area contributed by atoms with Crippen molar-refractivity contribution >= 4 is 41.3 Å². The van der Waals surface area contributed by atoms with Crippen LogP contribution in [0.15, 0.2) is 42.5 Å². The second-order valence-corrected chi connectivity index (χ2v) is 9.55. The summed E-state index contributed by atoms with van der Waals surface area (Å²) in [5.74, 6) is -2.66. The minimum Gasteiger partial charge on any atom is -0.494 e. The van der Waals surface area contributed by atoms with E-state index in [1.807, 2.05) is 6.92 Å². The van der Waals surface area contributed by atoms with Gasteiger partial charge in [-0.05, 0) is 48.9 Å². The summed E-state index contributed by atoms with van der Waals surface area (Å²) in [4.78, 5) is 61.2. The predicted molar refractivity (Wildman–Crippen MR) is 143 cm³/mol. The standard InChI is InChI=1S/C29H31ClO11/c1-6-36-21-10-7-19(8-11-21)25(35)22-13-20(9-12-23(22)30)26-28(39-17(4)33)29(40-18(5)34)27(38-16(3)32)24(41-26)14-37-15(2)31/h7-13,24,26-29H,6,14H2,1-5H3/t24-,26+,27-,28+,29+/m1/s1. The lowest BCUT2D eigenvalue weighted by atomic mass is 9.89. The average molecular weight is 591 g/mol. The molecule has 1 aliphatic heterocycles. The summed E-state index contributed by atoms with van der Waals surface area (Å²) in [7, 11) is 0. The molecule has 12 heteroatoms. The highest BCUT2D eigenvalue weighted by Gasteiger charge is 2.52. The molecule has 1 saturated heterocycles. The van der Waals surface area contributed by atoms with E-state index in [9.17, 15) is 24.0 Å². The number of rotatable bonds is 10. The van der Waals surface area contributed by atoms with Crippen LogP contribution in [0.5, 0.6) is 5.75 Å². The summed E-state index contributed by atoms with van der Waals surface area (Å²) in [6.45, 7) is 6.55. The van der Waals surface area contributed by atoms with Crippen LogP contribution in [0.25, 0.3) is 0 Å². The number of hydrogen-bond donors (Lipinski definition) is 0. The zero-order valence-electron chi connectivity index (χ0n) is 23.2.